The molecular formula is C15H14N2O4. The third-order valence-corrected chi connectivity index (χ3v) is 2.85. The molecule has 2 rings (SSSR count). The number of hydrogen-bond donors (Lipinski definition) is 2. The maximum Gasteiger partial charge on any atom is 0.341 e. The summed E-state index contributed by atoms with van der Waals surface area (Å²) in [6.45, 7) is -0.485. The van der Waals surface area contributed by atoms with Gasteiger partial charge in [-0.05, 0) is 25.0 Å². The lowest BCUT2D eigenvalue weighted by Crippen LogP contribution is -2.26. The van der Waals surface area contributed by atoms with Gasteiger partial charge in [0.2, 0.25) is 0 Å². The van der Waals surface area contributed by atoms with Crippen molar-refractivity contribution in [2.75, 3.05) is 6.61 Å². The lowest BCUT2D eigenvalue weighted by molar-refractivity contribution is -0.139. The van der Waals surface area contributed by atoms with Crippen LogP contribution in [0.3, 0.4) is 0 Å². The molecule has 1 aliphatic rings. The van der Waals surface area contributed by atoms with E-state index in [-0.39, 0.29) is 11.6 Å². The summed E-state index contributed by atoms with van der Waals surface area (Å²) in [5.41, 5.74) is 0.453. The summed E-state index contributed by atoms with van der Waals surface area (Å²) in [6, 6.07) is 8.65. The molecule has 0 unspecified atom stereocenters. The van der Waals surface area contributed by atoms with Gasteiger partial charge in [0.05, 0.1) is 0 Å². The number of ether oxygens (including phenoxy) is 1. The standard InChI is InChI=1S/C15H14N2O4/c16-8-11(15(20)17-12-5-6-12)7-10-3-1-2-4-13(10)21-9-14(18)19/h1-4,7,12H,5-6,9H2,(H,17,20)(H,18,19)/b11-7-. The van der Waals surface area contributed by atoms with Crippen molar-refractivity contribution in [1.29, 1.82) is 5.26 Å². The molecule has 0 aliphatic heterocycles. The Morgan fingerprint density at radius 3 is 2.76 bits per heavy atom. The lowest BCUT2D eigenvalue weighted by atomic mass is 10.1. The zero-order chi connectivity index (χ0) is 15.2. The lowest BCUT2D eigenvalue weighted by Gasteiger charge is -2.07. The zero-order valence-electron chi connectivity index (χ0n) is 11.2. The molecule has 1 fully saturated rings. The number of nitriles is 1. The molecule has 0 heterocycles. The van der Waals surface area contributed by atoms with Crippen LogP contribution in [0, 0.1) is 11.3 Å². The highest BCUT2D eigenvalue weighted by molar-refractivity contribution is 6.02. The molecule has 0 aromatic heterocycles. The third kappa shape index (κ3) is 4.35. The second-order valence-electron chi connectivity index (χ2n) is 4.64. The number of rotatable bonds is 6. The number of para-hydroxylation sites is 1. The Hall–Kier alpha value is -2.81. The first-order valence-electron chi connectivity index (χ1n) is 6.46. The molecule has 6 heteroatoms. The van der Waals surface area contributed by atoms with Crippen molar-refractivity contribution < 1.29 is 19.4 Å². The van der Waals surface area contributed by atoms with Gasteiger partial charge in [0.25, 0.3) is 5.91 Å². The van der Waals surface area contributed by atoms with Crippen molar-refractivity contribution in [3.8, 4) is 11.8 Å². The molecule has 2 N–H and O–H groups in total. The summed E-state index contributed by atoms with van der Waals surface area (Å²) in [5.74, 6) is -1.21. The van der Waals surface area contributed by atoms with Gasteiger partial charge in [0, 0.05) is 11.6 Å². The summed E-state index contributed by atoms with van der Waals surface area (Å²) in [7, 11) is 0. The van der Waals surface area contributed by atoms with Gasteiger partial charge in [0.15, 0.2) is 6.61 Å². The molecule has 0 saturated heterocycles. The van der Waals surface area contributed by atoms with Crippen LogP contribution in [0.25, 0.3) is 6.08 Å². The molecule has 1 aromatic rings. The SMILES string of the molecule is N#C/C(=C/c1ccccc1OCC(=O)O)C(=O)NC1CC1. The van der Waals surface area contributed by atoms with Gasteiger partial charge in [-0.3, -0.25) is 4.79 Å². The monoisotopic (exact) mass is 286 g/mol. The zero-order valence-corrected chi connectivity index (χ0v) is 11.2. The molecule has 0 atom stereocenters. The molecule has 108 valence electrons. The number of hydrogen-bond acceptors (Lipinski definition) is 4. The van der Waals surface area contributed by atoms with E-state index < -0.39 is 18.5 Å². The summed E-state index contributed by atoms with van der Waals surface area (Å²) in [5, 5.41) is 20.4. The quantitative estimate of drug-likeness (QED) is 0.607. The molecular weight excluding hydrogens is 272 g/mol. The minimum atomic E-state index is -1.10. The second-order valence-corrected chi connectivity index (χ2v) is 4.64. The first-order chi connectivity index (χ1) is 10.1. The molecule has 21 heavy (non-hydrogen) atoms. The average Bonchev–Trinajstić information content (AvgIpc) is 3.27. The van der Waals surface area contributed by atoms with Crippen molar-refractivity contribution in [1.82, 2.24) is 5.32 Å². The number of amides is 1. The van der Waals surface area contributed by atoms with Crippen molar-refractivity contribution in [2.24, 2.45) is 0 Å². The minimum absolute atomic E-state index is 0.0340. The summed E-state index contributed by atoms with van der Waals surface area (Å²) in [6.07, 6.45) is 3.26. The smallest absolute Gasteiger partial charge is 0.341 e. The van der Waals surface area contributed by atoms with E-state index >= 15 is 0 Å². The van der Waals surface area contributed by atoms with Crippen molar-refractivity contribution in [3.63, 3.8) is 0 Å². The summed E-state index contributed by atoms with van der Waals surface area (Å²) in [4.78, 5) is 22.4. The number of carboxylic acids is 1. The Kier molecular flexibility index (Phi) is 4.57. The minimum Gasteiger partial charge on any atom is -0.481 e. The number of carbonyl (C=O) groups excluding carboxylic acids is 1. The van der Waals surface area contributed by atoms with E-state index in [1.54, 1.807) is 24.3 Å². The molecule has 1 aromatic carbocycles. The van der Waals surface area contributed by atoms with Crippen LogP contribution in [0.4, 0.5) is 0 Å². The highest BCUT2D eigenvalue weighted by Crippen LogP contribution is 2.22. The summed E-state index contributed by atoms with van der Waals surface area (Å²) < 4.78 is 5.13. The highest BCUT2D eigenvalue weighted by Gasteiger charge is 2.24. The molecule has 0 radical (unpaired) electrons. The Morgan fingerprint density at radius 2 is 2.14 bits per heavy atom. The van der Waals surface area contributed by atoms with E-state index in [9.17, 15) is 9.59 Å². The van der Waals surface area contributed by atoms with Gasteiger partial charge >= 0.3 is 5.97 Å². The number of nitrogens with zero attached hydrogens (tertiary/aromatic N) is 1. The van der Waals surface area contributed by atoms with Crippen LogP contribution in [0.1, 0.15) is 18.4 Å². The maximum absolute atomic E-state index is 11.9. The van der Waals surface area contributed by atoms with Crippen LogP contribution >= 0.6 is 0 Å². The number of carbonyl (C=O) groups is 2. The van der Waals surface area contributed by atoms with Crippen LogP contribution in [-0.2, 0) is 9.59 Å². The second kappa shape index (κ2) is 6.57. The fourth-order valence-electron chi connectivity index (χ4n) is 1.67. The molecule has 1 aliphatic carbocycles. The fourth-order valence-corrected chi connectivity index (χ4v) is 1.67. The normalized spacial score (nSPS) is 14.1. The van der Waals surface area contributed by atoms with E-state index in [0.717, 1.165) is 12.8 Å². The number of nitrogens with one attached hydrogen (secondary N) is 1. The van der Waals surface area contributed by atoms with Crippen molar-refractivity contribution in [3.05, 3.63) is 35.4 Å². The van der Waals surface area contributed by atoms with Crippen molar-refractivity contribution in [2.45, 2.75) is 18.9 Å². The van der Waals surface area contributed by atoms with Gasteiger partial charge < -0.3 is 15.2 Å². The van der Waals surface area contributed by atoms with Gasteiger partial charge in [-0.1, -0.05) is 18.2 Å². The first-order valence-corrected chi connectivity index (χ1v) is 6.46. The maximum atomic E-state index is 11.9. The Labute approximate surface area is 121 Å². The van der Waals surface area contributed by atoms with Gasteiger partial charge in [-0.25, -0.2) is 4.79 Å². The Balaban J connectivity index is 2.18. The summed E-state index contributed by atoms with van der Waals surface area (Å²) >= 11 is 0. The van der Waals surface area contributed by atoms with Crippen LogP contribution in [0.5, 0.6) is 5.75 Å². The average molecular weight is 286 g/mol. The molecule has 0 bridgehead atoms. The fraction of sp³-hybridized carbons (Fsp3) is 0.267. The molecule has 1 amide bonds. The van der Waals surface area contributed by atoms with Crippen LogP contribution in [0.2, 0.25) is 0 Å². The highest BCUT2D eigenvalue weighted by atomic mass is 16.5. The molecule has 1 saturated carbocycles. The molecule has 6 nitrogen and oxygen atoms in total. The van der Waals surface area contributed by atoms with Gasteiger partial charge in [-0.2, -0.15) is 5.26 Å². The van der Waals surface area contributed by atoms with E-state index in [2.05, 4.69) is 5.32 Å². The van der Waals surface area contributed by atoms with E-state index in [1.807, 2.05) is 6.07 Å². The Bertz CT molecular complexity index is 627. The van der Waals surface area contributed by atoms with Crippen LogP contribution in [-0.4, -0.2) is 29.6 Å². The Morgan fingerprint density at radius 1 is 1.43 bits per heavy atom. The van der Waals surface area contributed by atoms with Crippen LogP contribution in [0.15, 0.2) is 29.8 Å². The van der Waals surface area contributed by atoms with Gasteiger partial charge in [-0.15, -0.1) is 0 Å². The van der Waals surface area contributed by atoms with Crippen molar-refractivity contribution >= 4 is 18.0 Å². The first kappa shape index (κ1) is 14.6. The largest absolute Gasteiger partial charge is 0.481 e. The molecule has 0 spiro atoms. The van der Waals surface area contributed by atoms with E-state index in [1.165, 1.54) is 6.08 Å². The van der Waals surface area contributed by atoms with E-state index in [4.69, 9.17) is 15.1 Å². The predicted molar refractivity (Wildman–Crippen MR) is 74.3 cm³/mol. The number of aliphatic carboxylic acids is 1. The number of carboxylic acid groups (broad SMARTS) is 1. The topological polar surface area (TPSA) is 99.4 Å². The van der Waals surface area contributed by atoms with Gasteiger partial charge in [0.1, 0.15) is 17.4 Å². The third-order valence-electron chi connectivity index (χ3n) is 2.85. The number of benzene rings is 1. The predicted octanol–water partition coefficient (Wildman–Crippen LogP) is 1.34. The van der Waals surface area contributed by atoms with E-state index in [0.29, 0.717) is 11.3 Å². The van der Waals surface area contributed by atoms with Crippen LogP contribution < -0.4 is 10.1 Å².